The van der Waals surface area contributed by atoms with Gasteiger partial charge < -0.3 is 0 Å². The molecule has 0 radical (unpaired) electrons. The minimum absolute atomic E-state index is 0.258. The van der Waals surface area contributed by atoms with Crippen molar-refractivity contribution in [3.05, 3.63) is 29.8 Å². The molecule has 0 aliphatic heterocycles. The number of hydrogen-bond acceptors (Lipinski definition) is 3. The predicted molar refractivity (Wildman–Crippen MR) is 95.0 cm³/mol. The first-order valence-corrected chi connectivity index (χ1v) is 9.87. The predicted octanol–water partition coefficient (Wildman–Crippen LogP) is 4.26. The van der Waals surface area contributed by atoms with E-state index in [0.29, 0.717) is 11.3 Å². The molecule has 0 heterocycles. The van der Waals surface area contributed by atoms with Crippen LogP contribution in [0, 0.1) is 18.3 Å². The Bertz CT molecular complexity index is 651. The molecule has 0 atom stereocenters. The topological polar surface area (TPSA) is 58.5 Å². The molecule has 1 saturated carbocycles. The highest BCUT2D eigenvalue weighted by atomic mass is 32.2. The second kappa shape index (κ2) is 7.04. The van der Waals surface area contributed by atoms with E-state index >= 15 is 0 Å². The number of sulfonamides is 1. The first-order valence-electron chi connectivity index (χ1n) is 8.38. The smallest absolute Gasteiger partial charge is 0.200 e. The summed E-state index contributed by atoms with van der Waals surface area (Å²) in [6, 6.07) is 6.80. The Hall–Kier alpha value is -1.36. The number of nitrogens with zero attached hydrogens (tertiary/aromatic N) is 1. The monoisotopic (exact) mass is 336 g/mol. The van der Waals surface area contributed by atoms with Gasteiger partial charge in [-0.2, -0.15) is 13.5 Å². The largest absolute Gasteiger partial charge is 0.276 e. The Morgan fingerprint density at radius 1 is 1.17 bits per heavy atom. The van der Waals surface area contributed by atoms with Gasteiger partial charge in [-0.25, -0.2) is 4.83 Å². The summed E-state index contributed by atoms with van der Waals surface area (Å²) in [4.78, 5) is 2.65. The summed E-state index contributed by atoms with van der Waals surface area (Å²) in [7, 11) is -3.56. The van der Waals surface area contributed by atoms with Gasteiger partial charge in [0, 0.05) is 5.71 Å². The maximum absolute atomic E-state index is 12.2. The van der Waals surface area contributed by atoms with Crippen LogP contribution in [0.5, 0.6) is 0 Å². The second-order valence-electron chi connectivity index (χ2n) is 7.20. The molecule has 1 fully saturated rings. The van der Waals surface area contributed by atoms with Crippen molar-refractivity contribution in [2.75, 3.05) is 0 Å². The SMILES string of the molecule is CCC(C)(C)C1CCC(=NNS(=O)(=O)c2ccc(C)cc2)CC1. The normalized spacial score (nSPS) is 19.5. The van der Waals surface area contributed by atoms with Crippen LogP contribution in [0.15, 0.2) is 34.3 Å². The highest BCUT2D eigenvalue weighted by molar-refractivity contribution is 7.89. The molecule has 1 aromatic carbocycles. The van der Waals surface area contributed by atoms with Crippen molar-refractivity contribution in [2.24, 2.45) is 16.4 Å². The summed E-state index contributed by atoms with van der Waals surface area (Å²) in [6.07, 6.45) is 5.11. The van der Waals surface area contributed by atoms with E-state index < -0.39 is 10.0 Å². The second-order valence-corrected chi connectivity index (χ2v) is 8.86. The number of aryl methyl sites for hydroxylation is 1. The summed E-state index contributed by atoms with van der Waals surface area (Å²) in [5.74, 6) is 0.695. The molecule has 1 aliphatic carbocycles. The molecule has 1 N–H and O–H groups in total. The van der Waals surface area contributed by atoms with Gasteiger partial charge in [0.25, 0.3) is 10.0 Å². The van der Waals surface area contributed by atoms with Crippen molar-refractivity contribution in [3.8, 4) is 0 Å². The summed E-state index contributed by atoms with van der Waals surface area (Å²) in [5, 5.41) is 4.17. The van der Waals surface area contributed by atoms with Crippen LogP contribution in [0.4, 0.5) is 0 Å². The van der Waals surface area contributed by atoms with E-state index in [0.717, 1.165) is 37.0 Å². The Kier molecular flexibility index (Phi) is 5.50. The van der Waals surface area contributed by atoms with Crippen LogP contribution < -0.4 is 4.83 Å². The maximum Gasteiger partial charge on any atom is 0.276 e. The van der Waals surface area contributed by atoms with Crippen LogP contribution in [-0.2, 0) is 10.0 Å². The van der Waals surface area contributed by atoms with Crippen molar-refractivity contribution in [3.63, 3.8) is 0 Å². The fourth-order valence-corrected chi connectivity index (χ4v) is 3.88. The molecule has 0 amide bonds. The highest BCUT2D eigenvalue weighted by Gasteiger charge is 2.30. The summed E-state index contributed by atoms with van der Waals surface area (Å²) in [5.41, 5.74) is 2.35. The molecule has 4 nitrogen and oxygen atoms in total. The van der Waals surface area contributed by atoms with Gasteiger partial charge in [-0.3, -0.25) is 0 Å². The lowest BCUT2D eigenvalue weighted by Gasteiger charge is -2.36. The van der Waals surface area contributed by atoms with Crippen LogP contribution in [0.25, 0.3) is 0 Å². The van der Waals surface area contributed by atoms with E-state index in [9.17, 15) is 8.42 Å². The Morgan fingerprint density at radius 2 is 1.74 bits per heavy atom. The average molecular weight is 337 g/mol. The molecule has 2 rings (SSSR count). The zero-order valence-electron chi connectivity index (χ0n) is 14.6. The third-order valence-corrected chi connectivity index (χ3v) is 6.46. The molecule has 0 spiro atoms. The van der Waals surface area contributed by atoms with Gasteiger partial charge in [0.1, 0.15) is 0 Å². The van der Waals surface area contributed by atoms with Crippen LogP contribution in [0.3, 0.4) is 0 Å². The molecule has 0 unspecified atom stereocenters. The summed E-state index contributed by atoms with van der Waals surface area (Å²) >= 11 is 0. The molecular formula is C18H28N2O2S. The van der Waals surface area contributed by atoms with Gasteiger partial charge in [-0.05, 0) is 56.1 Å². The van der Waals surface area contributed by atoms with E-state index in [1.807, 2.05) is 6.92 Å². The zero-order chi connectivity index (χ0) is 17.1. The van der Waals surface area contributed by atoms with Crippen LogP contribution in [0.2, 0.25) is 0 Å². The molecule has 1 aliphatic rings. The van der Waals surface area contributed by atoms with Crippen molar-refractivity contribution in [1.29, 1.82) is 0 Å². The number of hydrazone groups is 1. The Morgan fingerprint density at radius 3 is 2.26 bits per heavy atom. The lowest BCUT2D eigenvalue weighted by Crippen LogP contribution is -2.29. The number of hydrogen-bond donors (Lipinski definition) is 1. The first-order chi connectivity index (χ1) is 10.7. The zero-order valence-corrected chi connectivity index (χ0v) is 15.4. The van der Waals surface area contributed by atoms with E-state index in [-0.39, 0.29) is 4.90 Å². The Balaban J connectivity index is 1.98. The van der Waals surface area contributed by atoms with Gasteiger partial charge >= 0.3 is 0 Å². The average Bonchev–Trinajstić information content (AvgIpc) is 2.54. The minimum Gasteiger partial charge on any atom is -0.200 e. The van der Waals surface area contributed by atoms with Crippen molar-refractivity contribution in [1.82, 2.24) is 4.83 Å². The van der Waals surface area contributed by atoms with E-state index in [1.165, 1.54) is 6.42 Å². The maximum atomic E-state index is 12.2. The van der Waals surface area contributed by atoms with Gasteiger partial charge in [0.2, 0.25) is 0 Å². The van der Waals surface area contributed by atoms with Crippen LogP contribution in [0.1, 0.15) is 58.4 Å². The molecule has 0 aromatic heterocycles. The molecule has 128 valence electrons. The Labute approximate surface area is 140 Å². The fourth-order valence-electron chi connectivity index (χ4n) is 3.03. The summed E-state index contributed by atoms with van der Waals surface area (Å²) in [6.45, 7) is 8.80. The lowest BCUT2D eigenvalue weighted by molar-refractivity contribution is 0.176. The van der Waals surface area contributed by atoms with Crippen molar-refractivity contribution < 1.29 is 8.42 Å². The standard InChI is InChI=1S/C18H28N2O2S/c1-5-18(3,4)15-8-10-16(11-9-15)19-20-23(21,22)17-12-6-14(2)7-13-17/h6-7,12-13,15,20H,5,8-11H2,1-4H3. The number of rotatable bonds is 5. The third kappa shape index (κ3) is 4.56. The molecule has 1 aromatic rings. The van der Waals surface area contributed by atoms with E-state index in [2.05, 4.69) is 30.7 Å². The van der Waals surface area contributed by atoms with Crippen LogP contribution >= 0.6 is 0 Å². The van der Waals surface area contributed by atoms with E-state index in [4.69, 9.17) is 0 Å². The quantitative estimate of drug-likeness (QED) is 0.817. The molecule has 0 bridgehead atoms. The van der Waals surface area contributed by atoms with Crippen molar-refractivity contribution >= 4 is 15.7 Å². The van der Waals surface area contributed by atoms with Gasteiger partial charge in [-0.1, -0.05) is 44.9 Å². The van der Waals surface area contributed by atoms with Crippen molar-refractivity contribution in [2.45, 2.75) is 64.7 Å². The van der Waals surface area contributed by atoms with Gasteiger partial charge in [0.15, 0.2) is 0 Å². The van der Waals surface area contributed by atoms with Crippen LogP contribution in [-0.4, -0.2) is 14.1 Å². The molecule has 5 heteroatoms. The highest BCUT2D eigenvalue weighted by Crippen LogP contribution is 2.39. The third-order valence-electron chi connectivity index (χ3n) is 5.23. The number of nitrogens with one attached hydrogen (secondary N) is 1. The lowest BCUT2D eigenvalue weighted by atomic mass is 9.69. The molecule has 0 saturated heterocycles. The fraction of sp³-hybridized carbons (Fsp3) is 0.611. The van der Waals surface area contributed by atoms with Gasteiger partial charge in [-0.15, -0.1) is 0 Å². The van der Waals surface area contributed by atoms with Gasteiger partial charge in [0.05, 0.1) is 4.90 Å². The molecular weight excluding hydrogens is 308 g/mol. The molecule has 23 heavy (non-hydrogen) atoms. The summed E-state index contributed by atoms with van der Waals surface area (Å²) < 4.78 is 24.5. The van der Waals surface area contributed by atoms with E-state index in [1.54, 1.807) is 24.3 Å². The number of benzene rings is 1. The first kappa shape index (κ1) is 18.0. The minimum atomic E-state index is -3.56.